The molecule has 0 saturated carbocycles. The molecule has 0 amide bonds. The van der Waals surface area contributed by atoms with Crippen LogP contribution in [0.15, 0.2) is 42.5 Å². The van der Waals surface area contributed by atoms with Crippen LogP contribution >= 0.6 is 0 Å². The van der Waals surface area contributed by atoms with Crippen LogP contribution in [0.3, 0.4) is 0 Å². The SMILES string of the molecule is COc1ccc(Oc2ccc([N+](=O)[O-])cc2)cc1C=O. The van der Waals surface area contributed by atoms with E-state index >= 15 is 0 Å². The highest BCUT2D eigenvalue weighted by Gasteiger charge is 2.07. The molecule has 0 saturated heterocycles. The Labute approximate surface area is 114 Å². The molecule has 0 fully saturated rings. The van der Waals surface area contributed by atoms with Crippen LogP contribution in [0.1, 0.15) is 10.4 Å². The lowest BCUT2D eigenvalue weighted by molar-refractivity contribution is -0.384. The molecule has 0 heterocycles. The van der Waals surface area contributed by atoms with Crippen LogP contribution in [-0.2, 0) is 0 Å². The monoisotopic (exact) mass is 273 g/mol. The normalized spacial score (nSPS) is 9.85. The van der Waals surface area contributed by atoms with Crippen LogP contribution in [0, 0.1) is 10.1 Å². The van der Waals surface area contributed by atoms with Crippen molar-refractivity contribution in [1.82, 2.24) is 0 Å². The van der Waals surface area contributed by atoms with Gasteiger partial charge < -0.3 is 9.47 Å². The standard InChI is InChI=1S/C14H11NO5/c1-19-14-7-6-13(8-10(14)9-16)20-12-4-2-11(3-5-12)15(17)18/h2-9H,1H3. The average Bonchev–Trinajstić information content (AvgIpc) is 2.47. The lowest BCUT2D eigenvalue weighted by Gasteiger charge is -2.08. The van der Waals surface area contributed by atoms with Crippen LogP contribution in [-0.4, -0.2) is 18.3 Å². The Balaban J connectivity index is 2.21. The molecule has 0 bridgehead atoms. The molecule has 0 aromatic heterocycles. The van der Waals surface area contributed by atoms with Gasteiger partial charge in [-0.3, -0.25) is 14.9 Å². The molecular weight excluding hydrogens is 262 g/mol. The predicted molar refractivity (Wildman–Crippen MR) is 71.6 cm³/mol. The largest absolute Gasteiger partial charge is 0.496 e. The molecule has 6 heteroatoms. The molecule has 102 valence electrons. The summed E-state index contributed by atoms with van der Waals surface area (Å²) in [6.07, 6.45) is 0.668. The summed E-state index contributed by atoms with van der Waals surface area (Å²) in [6, 6.07) is 10.5. The first-order chi connectivity index (χ1) is 9.63. The van der Waals surface area contributed by atoms with Crippen molar-refractivity contribution in [3.05, 3.63) is 58.1 Å². The molecule has 2 rings (SSSR count). The molecule has 0 aliphatic heterocycles. The highest BCUT2D eigenvalue weighted by Crippen LogP contribution is 2.27. The van der Waals surface area contributed by atoms with Gasteiger partial charge in [0.2, 0.25) is 0 Å². The summed E-state index contributed by atoms with van der Waals surface area (Å²) in [5, 5.41) is 10.5. The zero-order valence-electron chi connectivity index (χ0n) is 10.6. The van der Waals surface area contributed by atoms with Crippen molar-refractivity contribution in [3.63, 3.8) is 0 Å². The van der Waals surface area contributed by atoms with Crippen LogP contribution in [0.2, 0.25) is 0 Å². The van der Waals surface area contributed by atoms with Gasteiger partial charge in [0.05, 0.1) is 17.6 Å². The van der Waals surface area contributed by atoms with Crippen molar-refractivity contribution in [3.8, 4) is 17.2 Å². The number of nitro groups is 1. The molecule has 0 N–H and O–H groups in total. The number of methoxy groups -OCH3 is 1. The van der Waals surface area contributed by atoms with Crippen molar-refractivity contribution >= 4 is 12.0 Å². The molecule has 0 unspecified atom stereocenters. The first-order valence-corrected chi connectivity index (χ1v) is 5.69. The number of hydrogen-bond acceptors (Lipinski definition) is 5. The predicted octanol–water partition coefficient (Wildman–Crippen LogP) is 3.21. The highest BCUT2D eigenvalue weighted by atomic mass is 16.6. The Morgan fingerprint density at radius 3 is 2.30 bits per heavy atom. The minimum atomic E-state index is -0.484. The Morgan fingerprint density at radius 1 is 1.10 bits per heavy atom. The Kier molecular flexibility index (Phi) is 3.95. The van der Waals surface area contributed by atoms with Crippen molar-refractivity contribution in [2.24, 2.45) is 0 Å². The van der Waals surface area contributed by atoms with E-state index in [1.54, 1.807) is 12.1 Å². The van der Waals surface area contributed by atoms with Crippen LogP contribution in [0.25, 0.3) is 0 Å². The number of nitro benzene ring substituents is 1. The van der Waals surface area contributed by atoms with E-state index in [1.807, 2.05) is 0 Å². The number of rotatable bonds is 5. The van der Waals surface area contributed by atoms with E-state index in [1.165, 1.54) is 37.4 Å². The quantitative estimate of drug-likeness (QED) is 0.475. The fourth-order valence-electron chi connectivity index (χ4n) is 1.64. The summed E-state index contributed by atoms with van der Waals surface area (Å²) in [4.78, 5) is 21.0. The first-order valence-electron chi connectivity index (χ1n) is 5.69. The molecule has 2 aromatic carbocycles. The molecule has 2 aromatic rings. The minimum Gasteiger partial charge on any atom is -0.496 e. The Morgan fingerprint density at radius 2 is 1.75 bits per heavy atom. The summed E-state index contributed by atoms with van der Waals surface area (Å²) in [7, 11) is 1.47. The number of non-ortho nitro benzene ring substituents is 1. The Hall–Kier alpha value is -2.89. The summed E-state index contributed by atoms with van der Waals surface area (Å²) < 4.78 is 10.5. The van der Waals surface area contributed by atoms with Crippen molar-refractivity contribution in [2.75, 3.05) is 7.11 Å². The topological polar surface area (TPSA) is 78.7 Å². The second-order valence-corrected chi connectivity index (χ2v) is 3.87. The van der Waals surface area contributed by atoms with Gasteiger partial charge in [0.15, 0.2) is 6.29 Å². The zero-order valence-corrected chi connectivity index (χ0v) is 10.6. The molecule has 0 spiro atoms. The molecule has 6 nitrogen and oxygen atoms in total. The van der Waals surface area contributed by atoms with E-state index in [4.69, 9.17) is 9.47 Å². The van der Waals surface area contributed by atoms with E-state index in [0.29, 0.717) is 29.1 Å². The molecule has 0 aliphatic carbocycles. The van der Waals surface area contributed by atoms with Crippen LogP contribution in [0.5, 0.6) is 17.2 Å². The molecule has 20 heavy (non-hydrogen) atoms. The third-order valence-corrected chi connectivity index (χ3v) is 2.61. The molecular formula is C14H11NO5. The number of carbonyl (C=O) groups is 1. The van der Waals surface area contributed by atoms with E-state index < -0.39 is 4.92 Å². The second kappa shape index (κ2) is 5.83. The number of ether oxygens (including phenoxy) is 2. The smallest absolute Gasteiger partial charge is 0.269 e. The van der Waals surface area contributed by atoms with Crippen molar-refractivity contribution in [2.45, 2.75) is 0 Å². The molecule has 0 aliphatic rings. The maximum atomic E-state index is 10.9. The van der Waals surface area contributed by atoms with Gasteiger partial charge in [-0.2, -0.15) is 0 Å². The van der Waals surface area contributed by atoms with E-state index in [9.17, 15) is 14.9 Å². The fourth-order valence-corrected chi connectivity index (χ4v) is 1.64. The number of carbonyl (C=O) groups excluding carboxylic acids is 1. The summed E-state index contributed by atoms with van der Waals surface area (Å²) in [6.45, 7) is 0. The minimum absolute atomic E-state index is 0.0133. The average molecular weight is 273 g/mol. The highest BCUT2D eigenvalue weighted by molar-refractivity contribution is 5.80. The van der Waals surface area contributed by atoms with Crippen molar-refractivity contribution in [1.29, 1.82) is 0 Å². The van der Waals surface area contributed by atoms with Crippen molar-refractivity contribution < 1.29 is 19.2 Å². The van der Waals surface area contributed by atoms with Crippen LogP contribution in [0.4, 0.5) is 5.69 Å². The second-order valence-electron chi connectivity index (χ2n) is 3.87. The van der Waals surface area contributed by atoms with Gasteiger partial charge >= 0.3 is 0 Å². The van der Waals surface area contributed by atoms with Crippen LogP contribution < -0.4 is 9.47 Å². The van der Waals surface area contributed by atoms with Gasteiger partial charge in [-0.25, -0.2) is 0 Å². The fraction of sp³-hybridized carbons (Fsp3) is 0.0714. The van der Waals surface area contributed by atoms with Gasteiger partial charge in [0.25, 0.3) is 5.69 Å². The number of nitrogens with zero attached hydrogens (tertiary/aromatic N) is 1. The van der Waals surface area contributed by atoms with Gasteiger partial charge in [0.1, 0.15) is 17.2 Å². The van der Waals surface area contributed by atoms with E-state index in [2.05, 4.69) is 0 Å². The number of aldehydes is 1. The van der Waals surface area contributed by atoms with E-state index in [0.717, 1.165) is 0 Å². The number of hydrogen-bond donors (Lipinski definition) is 0. The maximum absolute atomic E-state index is 10.9. The first kappa shape index (κ1) is 13.5. The van der Waals surface area contributed by atoms with Gasteiger partial charge in [0, 0.05) is 12.1 Å². The zero-order chi connectivity index (χ0) is 14.5. The molecule has 0 atom stereocenters. The van der Waals surface area contributed by atoms with Gasteiger partial charge in [-0.05, 0) is 30.3 Å². The number of benzene rings is 2. The summed E-state index contributed by atoms with van der Waals surface area (Å²) >= 11 is 0. The van der Waals surface area contributed by atoms with Gasteiger partial charge in [-0.15, -0.1) is 0 Å². The third kappa shape index (κ3) is 2.92. The summed E-state index contributed by atoms with van der Waals surface area (Å²) in [5.41, 5.74) is 0.354. The maximum Gasteiger partial charge on any atom is 0.269 e. The lowest BCUT2D eigenvalue weighted by atomic mass is 10.2. The summed E-state index contributed by atoms with van der Waals surface area (Å²) in [5.74, 6) is 1.34. The lowest BCUT2D eigenvalue weighted by Crippen LogP contribution is -1.92. The molecule has 0 radical (unpaired) electrons. The van der Waals surface area contributed by atoms with E-state index in [-0.39, 0.29) is 5.69 Å². The van der Waals surface area contributed by atoms with Gasteiger partial charge in [-0.1, -0.05) is 0 Å². The Bertz CT molecular complexity index is 637. The third-order valence-electron chi connectivity index (χ3n) is 2.61.